The molecule has 3 saturated heterocycles. The molecule has 3 N–H and O–H groups in total. The fourth-order valence-electron chi connectivity index (χ4n) is 7.98. The van der Waals surface area contributed by atoms with Gasteiger partial charge in [-0.1, -0.05) is 76.5 Å². The highest BCUT2D eigenvalue weighted by Gasteiger charge is 2.61. The second-order valence-corrected chi connectivity index (χ2v) is 15.1. The Labute approximate surface area is 285 Å². The van der Waals surface area contributed by atoms with Crippen LogP contribution >= 0.6 is 0 Å². The maximum Gasteiger partial charge on any atom is 0.316 e. The van der Waals surface area contributed by atoms with Gasteiger partial charge < -0.3 is 39.0 Å². The summed E-state index contributed by atoms with van der Waals surface area (Å²) in [7, 11) is 0. The molecule has 0 saturated carbocycles. The van der Waals surface area contributed by atoms with E-state index in [1.807, 2.05) is 32.9 Å². The molecule has 0 aromatic carbocycles. The van der Waals surface area contributed by atoms with E-state index in [0.29, 0.717) is 30.4 Å². The van der Waals surface area contributed by atoms with E-state index in [-0.39, 0.29) is 36.8 Å². The third-order valence-electron chi connectivity index (χ3n) is 11.1. The first-order valence-electron chi connectivity index (χ1n) is 17.9. The number of carbonyl (C=O) groups excluding carboxylic acids is 2. The molecule has 3 fully saturated rings. The zero-order valence-corrected chi connectivity index (χ0v) is 29.6. The van der Waals surface area contributed by atoms with Gasteiger partial charge >= 0.3 is 11.9 Å². The Kier molecular flexibility index (Phi) is 11.4. The van der Waals surface area contributed by atoms with E-state index in [9.17, 15) is 24.9 Å². The number of ether oxygens (including phenoxy) is 5. The summed E-state index contributed by atoms with van der Waals surface area (Å²) in [6.45, 7) is 13.6. The molecular weight excluding hydrogens is 616 g/mol. The Balaban J connectivity index is 1.49. The van der Waals surface area contributed by atoms with Crippen LogP contribution in [-0.2, 0) is 33.3 Å². The van der Waals surface area contributed by atoms with Gasteiger partial charge in [-0.15, -0.1) is 0 Å². The molecule has 1 spiro atoms. The molecule has 0 radical (unpaired) electrons. The van der Waals surface area contributed by atoms with Crippen LogP contribution in [0.1, 0.15) is 93.4 Å². The minimum absolute atomic E-state index is 0.00840. The molecule has 0 aromatic heterocycles. The van der Waals surface area contributed by atoms with E-state index in [1.165, 1.54) is 0 Å². The van der Waals surface area contributed by atoms with Gasteiger partial charge in [0.05, 0.1) is 24.7 Å². The lowest BCUT2D eigenvalue weighted by Crippen LogP contribution is -2.67. The highest BCUT2D eigenvalue weighted by Crippen LogP contribution is 2.47. The summed E-state index contributed by atoms with van der Waals surface area (Å²) >= 11 is 0. The SMILES string of the molecule is CCCCC(C)C(=O)OC1C(O)[C@]2(C[C@@H]3C[C@@H](C/C=C(\C)C[C@@H](C)/C=C/C=C4\COC5[C@H](O)C(C)=C[C@@H](C(=O)O3)[C@]45O)O2)OC(C)[C@H]1C. The van der Waals surface area contributed by atoms with E-state index in [4.69, 9.17) is 23.7 Å². The zero-order chi connectivity index (χ0) is 35.0. The molecule has 268 valence electrons. The number of aliphatic hydroxyl groups excluding tert-OH is 2. The molecule has 10 nitrogen and oxygen atoms in total. The van der Waals surface area contributed by atoms with Gasteiger partial charge in [0, 0.05) is 18.8 Å². The van der Waals surface area contributed by atoms with Gasteiger partial charge in [-0.2, -0.15) is 0 Å². The van der Waals surface area contributed by atoms with E-state index < -0.39 is 66.0 Å². The van der Waals surface area contributed by atoms with Crippen LogP contribution in [0.3, 0.4) is 0 Å². The highest BCUT2D eigenvalue weighted by atomic mass is 16.7. The number of hydrogen-bond acceptors (Lipinski definition) is 10. The van der Waals surface area contributed by atoms with Crippen LogP contribution in [0.4, 0.5) is 0 Å². The van der Waals surface area contributed by atoms with Crippen molar-refractivity contribution in [2.45, 2.75) is 148 Å². The number of fused-ring (bicyclic) bond motifs is 2. The number of unbranched alkanes of at least 4 members (excludes halogenated alkanes) is 1. The van der Waals surface area contributed by atoms with Gasteiger partial charge in [-0.25, -0.2) is 0 Å². The number of esters is 2. The molecule has 0 aromatic rings. The standard InChI is InChI=1S/C38H56O10/c1-8-9-12-23(4)35(41)46-32-25(6)26(7)47-37(33(32)40)19-29-18-28(48-37)15-14-22(3)16-21(2)11-10-13-27-20-44-34-31(39)24(5)17-30(36(42)45-29)38(27,34)43/h10-11,13-14,17,21,23,25-26,28-34,39-40,43H,8-9,12,15-16,18-20H2,1-7H3/b11-10+,22-14+,27-13+/t21-,23?,25+,26?,28+,29-,30-,31+,32?,33?,34?,37+,38+/m0/s1. The molecule has 4 aliphatic heterocycles. The van der Waals surface area contributed by atoms with E-state index >= 15 is 0 Å². The van der Waals surface area contributed by atoms with E-state index in [2.05, 4.69) is 26.8 Å². The summed E-state index contributed by atoms with van der Waals surface area (Å²) in [5.41, 5.74) is 0.354. The van der Waals surface area contributed by atoms with E-state index in [0.717, 1.165) is 24.8 Å². The van der Waals surface area contributed by atoms with Crippen molar-refractivity contribution in [2.75, 3.05) is 6.61 Å². The van der Waals surface area contributed by atoms with Gasteiger partial charge in [-0.3, -0.25) is 9.59 Å². The molecule has 4 heterocycles. The Bertz CT molecular complexity index is 1320. The van der Waals surface area contributed by atoms with Crippen LogP contribution < -0.4 is 0 Å². The smallest absolute Gasteiger partial charge is 0.316 e. The molecular formula is C38H56O10. The second-order valence-electron chi connectivity index (χ2n) is 15.1. The fourth-order valence-corrected chi connectivity index (χ4v) is 7.98. The van der Waals surface area contributed by atoms with Gasteiger partial charge in [0.25, 0.3) is 0 Å². The summed E-state index contributed by atoms with van der Waals surface area (Å²) < 4.78 is 31.3. The second kappa shape index (κ2) is 14.9. The molecule has 10 heteroatoms. The monoisotopic (exact) mass is 672 g/mol. The maximum absolute atomic E-state index is 14.1. The van der Waals surface area contributed by atoms with Crippen LogP contribution in [0.5, 0.6) is 0 Å². The summed E-state index contributed by atoms with van der Waals surface area (Å²) in [4.78, 5) is 27.3. The maximum atomic E-state index is 14.1. The third kappa shape index (κ3) is 7.25. The fraction of sp³-hybridized carbons (Fsp3) is 0.737. The van der Waals surface area contributed by atoms with Crippen molar-refractivity contribution in [1.29, 1.82) is 0 Å². The average molecular weight is 673 g/mol. The Morgan fingerprint density at radius 1 is 1.15 bits per heavy atom. The van der Waals surface area contributed by atoms with Crippen LogP contribution in [0.2, 0.25) is 0 Å². The van der Waals surface area contributed by atoms with Crippen molar-refractivity contribution in [1.82, 2.24) is 0 Å². The molecule has 2 bridgehead atoms. The number of aliphatic hydroxyl groups is 3. The molecule has 5 aliphatic rings. The van der Waals surface area contributed by atoms with Gasteiger partial charge in [0.2, 0.25) is 5.79 Å². The largest absolute Gasteiger partial charge is 0.462 e. The first kappa shape index (κ1) is 36.9. The Hall–Kier alpha value is -2.34. The predicted octanol–water partition coefficient (Wildman–Crippen LogP) is 4.85. The zero-order valence-electron chi connectivity index (χ0n) is 29.6. The van der Waals surface area contributed by atoms with Gasteiger partial charge in [0.15, 0.2) is 0 Å². The quantitative estimate of drug-likeness (QED) is 0.274. The van der Waals surface area contributed by atoms with Crippen molar-refractivity contribution in [3.05, 3.63) is 47.1 Å². The highest BCUT2D eigenvalue weighted by molar-refractivity contribution is 5.78. The van der Waals surface area contributed by atoms with Crippen molar-refractivity contribution in [3.63, 3.8) is 0 Å². The summed E-state index contributed by atoms with van der Waals surface area (Å²) in [6, 6.07) is 0. The lowest BCUT2D eigenvalue weighted by Gasteiger charge is -2.53. The Morgan fingerprint density at radius 2 is 1.90 bits per heavy atom. The molecule has 1 aliphatic carbocycles. The summed E-state index contributed by atoms with van der Waals surface area (Å²) in [5, 5.41) is 35.1. The summed E-state index contributed by atoms with van der Waals surface area (Å²) in [5.74, 6) is -4.21. The minimum atomic E-state index is -1.81. The molecule has 0 amide bonds. The summed E-state index contributed by atoms with van der Waals surface area (Å²) in [6.07, 6.45) is 7.58. The minimum Gasteiger partial charge on any atom is -0.462 e. The van der Waals surface area contributed by atoms with E-state index in [1.54, 1.807) is 19.1 Å². The molecule has 5 unspecified atom stereocenters. The van der Waals surface area contributed by atoms with Crippen LogP contribution in [0.25, 0.3) is 0 Å². The number of carbonyl (C=O) groups is 2. The number of hydrogen-bond donors (Lipinski definition) is 3. The van der Waals surface area contributed by atoms with Crippen molar-refractivity contribution in [2.24, 2.45) is 23.7 Å². The van der Waals surface area contributed by atoms with Crippen molar-refractivity contribution >= 4 is 11.9 Å². The van der Waals surface area contributed by atoms with Crippen LogP contribution in [0, 0.1) is 23.7 Å². The average Bonchev–Trinajstić information content (AvgIpc) is 3.37. The lowest BCUT2D eigenvalue weighted by atomic mass is 9.71. The lowest BCUT2D eigenvalue weighted by molar-refractivity contribution is -0.383. The normalized spacial score (nSPS) is 45.5. The number of rotatable bonds is 5. The van der Waals surface area contributed by atoms with Crippen LogP contribution in [0.15, 0.2) is 47.1 Å². The van der Waals surface area contributed by atoms with Crippen molar-refractivity contribution in [3.8, 4) is 0 Å². The molecule has 5 rings (SSSR count). The first-order chi connectivity index (χ1) is 22.7. The third-order valence-corrected chi connectivity index (χ3v) is 11.1. The topological polar surface area (TPSA) is 141 Å². The Morgan fingerprint density at radius 3 is 2.62 bits per heavy atom. The predicted molar refractivity (Wildman–Crippen MR) is 178 cm³/mol. The number of allylic oxidation sites excluding steroid dienone is 4. The van der Waals surface area contributed by atoms with Crippen LogP contribution in [-0.4, -0.2) is 88.0 Å². The van der Waals surface area contributed by atoms with Gasteiger partial charge in [0.1, 0.15) is 42.0 Å². The van der Waals surface area contributed by atoms with Gasteiger partial charge in [-0.05, 0) is 57.1 Å². The first-order valence-corrected chi connectivity index (χ1v) is 17.9. The van der Waals surface area contributed by atoms with Crippen molar-refractivity contribution < 1.29 is 48.6 Å². The molecule has 48 heavy (non-hydrogen) atoms. The molecule has 13 atom stereocenters.